The number of amides is 1. The van der Waals surface area contributed by atoms with Crippen LogP contribution < -0.4 is 15.0 Å². The topological polar surface area (TPSA) is 70.2 Å². The van der Waals surface area contributed by atoms with E-state index >= 15 is 0 Å². The molecule has 1 aliphatic heterocycles. The number of aromatic nitrogens is 2. The van der Waals surface area contributed by atoms with Gasteiger partial charge in [0, 0.05) is 30.8 Å². The molecular formula is C21H20F2N4O2. The van der Waals surface area contributed by atoms with Crippen LogP contribution in [-0.2, 0) is 0 Å². The predicted molar refractivity (Wildman–Crippen MR) is 105 cm³/mol. The second-order valence-corrected chi connectivity index (χ2v) is 6.90. The number of carbonyl (C=O) groups is 1. The molecule has 4 rings (SSSR count). The molecule has 8 heteroatoms. The number of nitrogens with one attached hydrogen (secondary N) is 2. The molecule has 2 heterocycles. The van der Waals surface area contributed by atoms with Gasteiger partial charge in [0.25, 0.3) is 5.91 Å². The van der Waals surface area contributed by atoms with E-state index in [1.54, 1.807) is 7.11 Å². The fourth-order valence-electron chi connectivity index (χ4n) is 3.38. The first-order valence-corrected chi connectivity index (χ1v) is 9.24. The third-order valence-corrected chi connectivity index (χ3v) is 4.99. The number of methoxy groups -OCH3 is 1. The molecule has 0 bridgehead atoms. The van der Waals surface area contributed by atoms with E-state index in [4.69, 9.17) is 4.74 Å². The molecule has 0 radical (unpaired) electrons. The number of hydrogen-bond donors (Lipinski definition) is 2. The van der Waals surface area contributed by atoms with E-state index < -0.39 is 17.5 Å². The first kappa shape index (κ1) is 18.9. The predicted octanol–water partition coefficient (Wildman–Crippen LogP) is 3.37. The van der Waals surface area contributed by atoms with Gasteiger partial charge in [0.2, 0.25) is 0 Å². The van der Waals surface area contributed by atoms with Gasteiger partial charge in [0.15, 0.2) is 17.5 Å². The fraction of sp³-hybridized carbons (Fsp3) is 0.238. The lowest BCUT2D eigenvalue weighted by Gasteiger charge is -2.16. The van der Waals surface area contributed by atoms with Crippen LogP contribution in [0.25, 0.3) is 11.3 Å². The number of anilines is 1. The average Bonchev–Trinajstić information content (AvgIpc) is 3.39. The minimum absolute atomic E-state index is 0.100. The highest BCUT2D eigenvalue weighted by atomic mass is 19.2. The van der Waals surface area contributed by atoms with Crippen LogP contribution in [0.3, 0.4) is 0 Å². The number of aromatic amines is 1. The minimum atomic E-state index is -1.03. The van der Waals surface area contributed by atoms with E-state index in [0.29, 0.717) is 6.54 Å². The Kier molecular flexibility index (Phi) is 5.16. The van der Waals surface area contributed by atoms with Crippen molar-refractivity contribution in [3.05, 3.63) is 65.7 Å². The molecule has 1 atom stereocenters. The summed E-state index contributed by atoms with van der Waals surface area (Å²) in [6, 6.07) is 12.7. The molecule has 2 N–H and O–H groups in total. The zero-order valence-corrected chi connectivity index (χ0v) is 15.8. The van der Waals surface area contributed by atoms with Crippen molar-refractivity contribution in [2.24, 2.45) is 0 Å². The maximum atomic E-state index is 13.3. The summed E-state index contributed by atoms with van der Waals surface area (Å²) in [5.41, 5.74) is 1.98. The quantitative estimate of drug-likeness (QED) is 0.691. The van der Waals surface area contributed by atoms with Crippen LogP contribution in [0.15, 0.2) is 48.5 Å². The molecule has 6 nitrogen and oxygen atoms in total. The summed E-state index contributed by atoms with van der Waals surface area (Å²) in [4.78, 5) is 14.4. The first-order valence-electron chi connectivity index (χ1n) is 9.24. The number of rotatable bonds is 5. The Labute approximate surface area is 166 Å². The highest BCUT2D eigenvalue weighted by Gasteiger charge is 2.26. The highest BCUT2D eigenvalue weighted by Crippen LogP contribution is 2.26. The van der Waals surface area contributed by atoms with Gasteiger partial charge in [0.05, 0.1) is 12.8 Å². The molecule has 3 aromatic rings. The Morgan fingerprint density at radius 1 is 1.17 bits per heavy atom. The normalized spacial score (nSPS) is 16.1. The molecular weight excluding hydrogens is 378 g/mol. The first-order chi connectivity index (χ1) is 14.0. The lowest BCUT2D eigenvalue weighted by Crippen LogP contribution is -2.37. The van der Waals surface area contributed by atoms with Crippen LogP contribution in [-0.4, -0.2) is 42.3 Å². The van der Waals surface area contributed by atoms with Gasteiger partial charge < -0.3 is 15.0 Å². The van der Waals surface area contributed by atoms with Gasteiger partial charge in [-0.1, -0.05) is 0 Å². The summed E-state index contributed by atoms with van der Waals surface area (Å²) in [6.45, 7) is 1.32. The van der Waals surface area contributed by atoms with Gasteiger partial charge in [-0.15, -0.1) is 0 Å². The van der Waals surface area contributed by atoms with Crippen molar-refractivity contribution in [3.8, 4) is 17.0 Å². The van der Waals surface area contributed by atoms with Crippen molar-refractivity contribution < 1.29 is 18.3 Å². The number of hydrogen-bond acceptors (Lipinski definition) is 4. The summed E-state index contributed by atoms with van der Waals surface area (Å²) >= 11 is 0. The van der Waals surface area contributed by atoms with Gasteiger partial charge in [-0.25, -0.2) is 8.78 Å². The van der Waals surface area contributed by atoms with Gasteiger partial charge in [-0.3, -0.25) is 9.89 Å². The van der Waals surface area contributed by atoms with Gasteiger partial charge >= 0.3 is 0 Å². The number of ether oxygens (including phenoxy) is 1. The van der Waals surface area contributed by atoms with Crippen molar-refractivity contribution >= 4 is 11.7 Å². The maximum Gasteiger partial charge on any atom is 0.251 e. The standard InChI is InChI=1S/C21H20F2N4O2/c1-29-16-5-2-13(3-6-16)19-11-20(26-25-19)27-9-8-15(12-27)24-21(28)14-4-7-17(22)18(23)10-14/h2-7,10-11,15H,8-9,12H2,1H3,(H,24,28)(H,25,26)/t15-/m1/s1. The third-order valence-electron chi connectivity index (χ3n) is 4.99. The summed E-state index contributed by atoms with van der Waals surface area (Å²) in [5, 5.41) is 10.3. The molecule has 150 valence electrons. The second-order valence-electron chi connectivity index (χ2n) is 6.90. The Morgan fingerprint density at radius 2 is 1.97 bits per heavy atom. The number of nitrogens with zero attached hydrogens (tertiary/aromatic N) is 2. The third kappa shape index (κ3) is 4.06. The molecule has 29 heavy (non-hydrogen) atoms. The van der Waals surface area contributed by atoms with Gasteiger partial charge in [-0.05, 0) is 54.4 Å². The smallest absolute Gasteiger partial charge is 0.251 e. The van der Waals surface area contributed by atoms with E-state index in [1.165, 1.54) is 6.07 Å². The number of benzene rings is 2. The molecule has 0 spiro atoms. The number of carbonyl (C=O) groups excluding carboxylic acids is 1. The summed E-state index contributed by atoms with van der Waals surface area (Å²) in [6.07, 6.45) is 0.736. The minimum Gasteiger partial charge on any atom is -0.497 e. The van der Waals surface area contributed by atoms with E-state index in [2.05, 4.69) is 20.4 Å². The van der Waals surface area contributed by atoms with Crippen LogP contribution in [0.2, 0.25) is 0 Å². The van der Waals surface area contributed by atoms with Crippen LogP contribution in [0, 0.1) is 11.6 Å². The highest BCUT2D eigenvalue weighted by molar-refractivity contribution is 5.94. The van der Waals surface area contributed by atoms with Crippen LogP contribution in [0.5, 0.6) is 5.75 Å². The summed E-state index contributed by atoms with van der Waals surface area (Å²) in [7, 11) is 1.62. The Balaban J connectivity index is 1.39. The molecule has 2 aromatic carbocycles. The van der Waals surface area contributed by atoms with Crippen LogP contribution in [0.4, 0.5) is 14.6 Å². The van der Waals surface area contributed by atoms with E-state index in [1.807, 2.05) is 30.3 Å². The Morgan fingerprint density at radius 3 is 2.69 bits per heavy atom. The molecule has 1 aromatic heterocycles. The van der Waals surface area contributed by atoms with Crippen LogP contribution >= 0.6 is 0 Å². The number of halogens is 2. The van der Waals surface area contributed by atoms with E-state index in [0.717, 1.165) is 47.9 Å². The zero-order chi connectivity index (χ0) is 20.4. The van der Waals surface area contributed by atoms with Crippen molar-refractivity contribution in [1.82, 2.24) is 15.5 Å². The maximum absolute atomic E-state index is 13.3. The number of H-pyrrole nitrogens is 1. The molecule has 1 amide bonds. The SMILES string of the molecule is COc1ccc(-c2cc(N3CC[C@@H](NC(=O)c4ccc(F)c(F)c4)C3)n[nH]2)cc1. The van der Waals surface area contributed by atoms with E-state index in [9.17, 15) is 13.6 Å². The average molecular weight is 398 g/mol. The Bertz CT molecular complexity index is 1020. The molecule has 1 fully saturated rings. The van der Waals surface area contributed by atoms with Gasteiger partial charge in [-0.2, -0.15) is 5.10 Å². The largest absolute Gasteiger partial charge is 0.497 e. The summed E-state index contributed by atoms with van der Waals surface area (Å²) in [5.74, 6) is -0.849. The molecule has 1 aliphatic rings. The van der Waals surface area contributed by atoms with Crippen molar-refractivity contribution in [2.75, 3.05) is 25.1 Å². The molecule has 1 saturated heterocycles. The summed E-state index contributed by atoms with van der Waals surface area (Å²) < 4.78 is 31.5. The monoisotopic (exact) mass is 398 g/mol. The lowest BCUT2D eigenvalue weighted by atomic mass is 10.1. The van der Waals surface area contributed by atoms with Crippen LogP contribution in [0.1, 0.15) is 16.8 Å². The van der Waals surface area contributed by atoms with E-state index in [-0.39, 0.29) is 11.6 Å². The molecule has 0 aliphatic carbocycles. The Hall–Kier alpha value is -3.42. The zero-order valence-electron chi connectivity index (χ0n) is 15.8. The molecule has 0 unspecified atom stereocenters. The van der Waals surface area contributed by atoms with Crippen molar-refractivity contribution in [1.29, 1.82) is 0 Å². The fourth-order valence-corrected chi connectivity index (χ4v) is 3.38. The second kappa shape index (κ2) is 7.90. The lowest BCUT2D eigenvalue weighted by molar-refractivity contribution is 0.0940. The molecule has 0 saturated carbocycles. The van der Waals surface area contributed by atoms with Gasteiger partial charge in [0.1, 0.15) is 5.75 Å². The van der Waals surface area contributed by atoms with Crippen molar-refractivity contribution in [2.45, 2.75) is 12.5 Å². The van der Waals surface area contributed by atoms with Crippen molar-refractivity contribution in [3.63, 3.8) is 0 Å².